The van der Waals surface area contributed by atoms with Crippen LogP contribution in [0.15, 0.2) is 83.8 Å². The fraction of sp³-hybridized carbons (Fsp3) is 0.158. The van der Waals surface area contributed by atoms with Gasteiger partial charge >= 0.3 is 0 Å². The molecule has 0 atom stereocenters. The summed E-state index contributed by atoms with van der Waals surface area (Å²) in [6, 6.07) is 18.5. The molecule has 0 fully saturated rings. The van der Waals surface area contributed by atoms with E-state index >= 15 is 0 Å². The Balaban J connectivity index is 1.17. The van der Waals surface area contributed by atoms with Crippen molar-refractivity contribution in [3.63, 3.8) is 0 Å². The quantitative estimate of drug-likeness (QED) is 0.0959. The summed E-state index contributed by atoms with van der Waals surface area (Å²) in [5.41, 5.74) is 6.79. The van der Waals surface area contributed by atoms with Gasteiger partial charge < -0.3 is 18.9 Å². The second kappa shape index (κ2) is 16.3. The van der Waals surface area contributed by atoms with Crippen molar-refractivity contribution in [2.75, 3.05) is 0 Å². The van der Waals surface area contributed by atoms with Gasteiger partial charge in [-0.05, 0) is 59.4 Å². The molecule has 4 aromatic carbocycles. The van der Waals surface area contributed by atoms with E-state index in [-0.39, 0.29) is 26.4 Å². The molecular formula is C38H30Cl2N2O6S2. The molecule has 0 unspecified atom stereocenters. The largest absolute Gasteiger partial charge is 0.487 e. The molecule has 2 aromatic heterocycles. The van der Waals surface area contributed by atoms with Crippen LogP contribution in [0.5, 0.6) is 23.0 Å². The van der Waals surface area contributed by atoms with E-state index in [2.05, 4.69) is 35.9 Å². The maximum Gasteiger partial charge on any atom is 0.153 e. The van der Waals surface area contributed by atoms with Gasteiger partial charge in [-0.3, -0.25) is 9.59 Å². The zero-order valence-electron chi connectivity index (χ0n) is 27.0. The summed E-state index contributed by atoms with van der Waals surface area (Å²) in [7, 11) is 0. The molecule has 50 heavy (non-hydrogen) atoms. The first-order valence-corrected chi connectivity index (χ1v) is 17.9. The number of halogens is 2. The van der Waals surface area contributed by atoms with Crippen molar-refractivity contribution < 1.29 is 28.5 Å². The first-order valence-electron chi connectivity index (χ1n) is 15.4. The van der Waals surface area contributed by atoms with E-state index in [1.165, 1.54) is 22.7 Å². The number of ether oxygens (including phenoxy) is 4. The van der Waals surface area contributed by atoms with Gasteiger partial charge in [0.15, 0.2) is 12.6 Å². The molecule has 0 saturated heterocycles. The van der Waals surface area contributed by atoms with E-state index in [0.717, 1.165) is 43.4 Å². The lowest BCUT2D eigenvalue weighted by molar-refractivity contribution is 0.111. The van der Waals surface area contributed by atoms with Crippen LogP contribution in [0.2, 0.25) is 10.0 Å². The maximum atomic E-state index is 11.7. The highest BCUT2D eigenvalue weighted by Crippen LogP contribution is 2.36. The van der Waals surface area contributed by atoms with Crippen molar-refractivity contribution in [3.8, 4) is 34.1 Å². The van der Waals surface area contributed by atoms with Gasteiger partial charge in [-0.2, -0.15) is 0 Å². The number of aromatic nitrogens is 2. The second-order valence-electron chi connectivity index (χ2n) is 11.1. The summed E-state index contributed by atoms with van der Waals surface area (Å²) in [5, 5.41) is 5.92. The summed E-state index contributed by atoms with van der Waals surface area (Å²) in [5.74, 6) is 1.55. The van der Waals surface area contributed by atoms with Gasteiger partial charge in [0.25, 0.3) is 0 Å². The highest BCUT2D eigenvalue weighted by Gasteiger charge is 2.16. The van der Waals surface area contributed by atoms with E-state index in [9.17, 15) is 9.59 Å². The Kier molecular flexibility index (Phi) is 11.5. The van der Waals surface area contributed by atoms with Crippen LogP contribution in [0, 0.1) is 13.8 Å². The number of benzene rings is 4. The summed E-state index contributed by atoms with van der Waals surface area (Å²) in [6.07, 6.45) is 4.81. The SMILES string of the molecule is Cc1c(COc2cc(OCc3nccs3)c(C=O)cc2Cl)cccc1-c1cccc(COc2cc(OCc3nccs3)c(C=O)cc2Cl)c1C. The Hall–Kier alpha value is -4.74. The molecule has 0 aliphatic heterocycles. The third-order valence-corrected chi connectivity index (χ3v) is 10.1. The van der Waals surface area contributed by atoms with Gasteiger partial charge in [-0.25, -0.2) is 9.97 Å². The Morgan fingerprint density at radius 3 is 1.40 bits per heavy atom. The average molecular weight is 746 g/mol. The predicted molar refractivity (Wildman–Crippen MR) is 197 cm³/mol. The molecule has 0 spiro atoms. The number of hydrogen-bond donors (Lipinski definition) is 0. The molecule has 8 nitrogen and oxygen atoms in total. The zero-order valence-corrected chi connectivity index (χ0v) is 30.1. The molecule has 6 aromatic rings. The van der Waals surface area contributed by atoms with E-state index in [0.29, 0.717) is 56.7 Å². The van der Waals surface area contributed by atoms with Crippen molar-refractivity contribution in [2.24, 2.45) is 0 Å². The highest BCUT2D eigenvalue weighted by atomic mass is 35.5. The summed E-state index contributed by atoms with van der Waals surface area (Å²) < 4.78 is 24.1. The Bertz CT molecular complexity index is 1970. The maximum absolute atomic E-state index is 11.7. The molecule has 6 rings (SSSR count). The molecule has 0 aliphatic rings. The summed E-state index contributed by atoms with van der Waals surface area (Å²) in [6.45, 7) is 5.06. The minimum absolute atomic E-state index is 0.229. The summed E-state index contributed by atoms with van der Waals surface area (Å²) in [4.78, 5) is 31.9. The van der Waals surface area contributed by atoms with Crippen molar-refractivity contribution in [1.82, 2.24) is 9.97 Å². The molecule has 0 N–H and O–H groups in total. The van der Waals surface area contributed by atoms with Crippen LogP contribution in [-0.4, -0.2) is 22.5 Å². The van der Waals surface area contributed by atoms with Gasteiger partial charge in [0, 0.05) is 35.3 Å². The molecule has 254 valence electrons. The Morgan fingerprint density at radius 1 is 0.600 bits per heavy atom. The molecule has 0 amide bonds. The van der Waals surface area contributed by atoms with Crippen molar-refractivity contribution in [2.45, 2.75) is 40.3 Å². The van der Waals surface area contributed by atoms with Crippen molar-refractivity contribution in [3.05, 3.63) is 137 Å². The van der Waals surface area contributed by atoms with Gasteiger partial charge in [0.1, 0.15) is 59.4 Å². The van der Waals surface area contributed by atoms with Gasteiger partial charge in [0.2, 0.25) is 0 Å². The van der Waals surface area contributed by atoms with Gasteiger partial charge in [-0.1, -0.05) is 59.6 Å². The van der Waals surface area contributed by atoms with Gasteiger partial charge in [0.05, 0.1) is 21.2 Å². The minimum Gasteiger partial charge on any atom is -0.487 e. The third kappa shape index (κ3) is 8.17. The minimum atomic E-state index is 0.229. The third-order valence-electron chi connectivity index (χ3n) is 8.00. The predicted octanol–water partition coefficient (Wildman–Crippen LogP) is 10.1. The first-order chi connectivity index (χ1) is 24.3. The van der Waals surface area contributed by atoms with Crippen LogP contribution in [0.1, 0.15) is 53.0 Å². The number of thiazole rings is 2. The molecule has 12 heteroatoms. The number of aldehydes is 2. The summed E-state index contributed by atoms with van der Waals surface area (Å²) >= 11 is 15.9. The van der Waals surface area contributed by atoms with Crippen LogP contribution in [0.25, 0.3) is 11.1 Å². The first kappa shape index (κ1) is 35.1. The van der Waals surface area contributed by atoms with Crippen LogP contribution in [0.4, 0.5) is 0 Å². The second-order valence-corrected chi connectivity index (χ2v) is 13.8. The van der Waals surface area contributed by atoms with Crippen LogP contribution < -0.4 is 18.9 Å². The topological polar surface area (TPSA) is 96.8 Å². The number of carbonyl (C=O) groups excluding carboxylic acids is 2. The van der Waals surface area contributed by atoms with E-state index in [1.807, 2.05) is 35.0 Å². The van der Waals surface area contributed by atoms with Crippen LogP contribution in [-0.2, 0) is 26.4 Å². The standard InChI is InChI=1S/C38H30Cl2N2O6S2/c1-23-25(19-45-35-15-33(27(17-43)13-31(35)39)47-21-37-41-9-11-49-37)5-3-7-29(23)30-8-4-6-26(24(30)2)20-46-36-16-34(28(18-44)14-32(36)40)48-22-38-42-10-12-50-38/h3-18H,19-22H2,1-2H3. The lowest BCUT2D eigenvalue weighted by Gasteiger charge is -2.18. The molecular weight excluding hydrogens is 715 g/mol. The average Bonchev–Trinajstić information content (AvgIpc) is 3.85. The smallest absolute Gasteiger partial charge is 0.153 e. The number of nitrogens with zero attached hydrogens (tertiary/aromatic N) is 2. The molecule has 0 aliphatic carbocycles. The molecule has 2 heterocycles. The lowest BCUT2D eigenvalue weighted by Crippen LogP contribution is -2.04. The Labute approximate surface area is 307 Å². The number of hydrogen-bond acceptors (Lipinski definition) is 10. The molecule has 0 radical (unpaired) electrons. The Morgan fingerprint density at radius 2 is 1.02 bits per heavy atom. The molecule has 0 bridgehead atoms. The monoisotopic (exact) mass is 744 g/mol. The fourth-order valence-electron chi connectivity index (χ4n) is 5.26. The number of rotatable bonds is 15. The lowest BCUT2D eigenvalue weighted by atomic mass is 9.92. The van der Waals surface area contributed by atoms with Crippen molar-refractivity contribution in [1.29, 1.82) is 0 Å². The van der Waals surface area contributed by atoms with Crippen LogP contribution in [0.3, 0.4) is 0 Å². The molecule has 0 saturated carbocycles. The van der Waals surface area contributed by atoms with Gasteiger partial charge in [-0.15, -0.1) is 22.7 Å². The number of carbonyl (C=O) groups is 2. The highest BCUT2D eigenvalue weighted by molar-refractivity contribution is 7.09. The normalized spacial score (nSPS) is 10.9. The van der Waals surface area contributed by atoms with E-state index in [1.54, 1.807) is 36.7 Å². The zero-order chi connectivity index (χ0) is 35.0. The van der Waals surface area contributed by atoms with E-state index < -0.39 is 0 Å². The van der Waals surface area contributed by atoms with Crippen molar-refractivity contribution >= 4 is 58.4 Å². The fourth-order valence-corrected chi connectivity index (χ4v) is 6.77. The van der Waals surface area contributed by atoms with E-state index in [4.69, 9.17) is 42.1 Å². The van der Waals surface area contributed by atoms with Crippen LogP contribution >= 0.6 is 45.9 Å².